The van der Waals surface area contributed by atoms with Crippen molar-refractivity contribution in [2.45, 2.75) is 25.7 Å². The van der Waals surface area contributed by atoms with Crippen LogP contribution in [0.25, 0.3) is 0 Å². The third kappa shape index (κ3) is 1.40. The molecule has 0 heterocycles. The van der Waals surface area contributed by atoms with Crippen molar-refractivity contribution in [2.75, 3.05) is 0 Å². The Morgan fingerprint density at radius 1 is 0.833 bits per heavy atom. The number of rotatable bonds is 0. The van der Waals surface area contributed by atoms with Crippen molar-refractivity contribution in [1.29, 1.82) is 0 Å². The molecule has 0 spiro atoms. The van der Waals surface area contributed by atoms with Gasteiger partial charge < -0.3 is 0 Å². The summed E-state index contributed by atoms with van der Waals surface area (Å²) in [6.45, 7) is 0. The molecule has 0 N–H and O–H groups in total. The van der Waals surface area contributed by atoms with Gasteiger partial charge in [-0.25, -0.2) is 0 Å². The molecule has 0 radical (unpaired) electrons. The Bertz CT molecular complexity index is 309. The Balaban J connectivity index is 2.56. The van der Waals surface area contributed by atoms with Crippen LogP contribution in [0.15, 0.2) is 29.1 Å². The fraction of sp³-hybridized carbons (Fsp3) is 0.364. The van der Waals surface area contributed by atoms with E-state index in [1.165, 1.54) is 24.0 Å². The summed E-state index contributed by atoms with van der Waals surface area (Å²) < 4.78 is 0. The van der Waals surface area contributed by atoms with E-state index in [4.69, 9.17) is 0 Å². The molecular weight excluding hydrogens is 148 g/mol. The van der Waals surface area contributed by atoms with Crippen molar-refractivity contribution < 1.29 is 0 Å². The van der Waals surface area contributed by atoms with Gasteiger partial charge in [-0.2, -0.15) is 0 Å². The summed E-state index contributed by atoms with van der Waals surface area (Å²) >= 11 is 0. The second-order valence-electron chi connectivity index (χ2n) is 3.33. The minimum Gasteiger partial charge on any atom is -0.290 e. The van der Waals surface area contributed by atoms with Crippen LogP contribution in [0.1, 0.15) is 24.0 Å². The first-order valence-electron chi connectivity index (χ1n) is 4.48. The second kappa shape index (κ2) is 3.10. The van der Waals surface area contributed by atoms with E-state index in [1.54, 1.807) is 12.1 Å². The number of fused-ring (bicyclic) bond motifs is 1. The van der Waals surface area contributed by atoms with E-state index in [-0.39, 0.29) is 5.43 Å². The van der Waals surface area contributed by atoms with E-state index in [1.807, 2.05) is 12.1 Å². The summed E-state index contributed by atoms with van der Waals surface area (Å²) in [4.78, 5) is 11.0. The summed E-state index contributed by atoms with van der Waals surface area (Å²) in [5, 5.41) is 0. The third-order valence-electron chi connectivity index (χ3n) is 2.45. The van der Waals surface area contributed by atoms with Crippen molar-refractivity contribution >= 4 is 0 Å². The van der Waals surface area contributed by atoms with Crippen molar-refractivity contribution in [3.63, 3.8) is 0 Å². The fourth-order valence-corrected chi connectivity index (χ4v) is 1.75. The van der Waals surface area contributed by atoms with E-state index >= 15 is 0 Å². The maximum Gasteiger partial charge on any atom is 0.178 e. The second-order valence-corrected chi connectivity index (χ2v) is 3.33. The van der Waals surface area contributed by atoms with Gasteiger partial charge in [0.2, 0.25) is 0 Å². The van der Waals surface area contributed by atoms with Crippen LogP contribution in [-0.4, -0.2) is 0 Å². The van der Waals surface area contributed by atoms with Gasteiger partial charge in [0.15, 0.2) is 5.43 Å². The molecular formula is C11H12O. The smallest absolute Gasteiger partial charge is 0.178 e. The summed E-state index contributed by atoms with van der Waals surface area (Å²) in [5.74, 6) is 0. The SMILES string of the molecule is O=c1ccc2c(cc1)CCCC2. The Labute approximate surface area is 72.1 Å². The van der Waals surface area contributed by atoms with Crippen LogP contribution < -0.4 is 5.43 Å². The lowest BCUT2D eigenvalue weighted by atomic mass is 9.94. The van der Waals surface area contributed by atoms with Crippen LogP contribution in [-0.2, 0) is 12.8 Å². The molecule has 1 aliphatic carbocycles. The number of hydrogen-bond acceptors (Lipinski definition) is 1. The summed E-state index contributed by atoms with van der Waals surface area (Å²) in [5.41, 5.74) is 2.84. The largest absolute Gasteiger partial charge is 0.290 e. The molecule has 0 fully saturated rings. The molecule has 1 nitrogen and oxygen atoms in total. The van der Waals surface area contributed by atoms with Gasteiger partial charge in [0, 0.05) is 0 Å². The Morgan fingerprint density at radius 2 is 1.33 bits per heavy atom. The van der Waals surface area contributed by atoms with Gasteiger partial charge in [-0.05, 0) is 48.9 Å². The molecule has 0 saturated heterocycles. The minimum absolute atomic E-state index is 0.115. The van der Waals surface area contributed by atoms with Gasteiger partial charge in [0.1, 0.15) is 0 Å². The summed E-state index contributed by atoms with van der Waals surface area (Å²) in [6, 6.07) is 7.31. The lowest BCUT2D eigenvalue weighted by Crippen LogP contribution is -1.99. The molecule has 0 aromatic heterocycles. The molecule has 1 aromatic carbocycles. The van der Waals surface area contributed by atoms with Crippen molar-refractivity contribution in [3.8, 4) is 0 Å². The van der Waals surface area contributed by atoms with Gasteiger partial charge in [-0.1, -0.05) is 12.1 Å². The average molecular weight is 160 g/mol. The number of aryl methyl sites for hydroxylation is 2. The highest BCUT2D eigenvalue weighted by molar-refractivity contribution is 5.27. The quantitative estimate of drug-likeness (QED) is 0.566. The Hall–Kier alpha value is -1.11. The molecule has 0 unspecified atom stereocenters. The lowest BCUT2D eigenvalue weighted by molar-refractivity contribution is 0.687. The average Bonchev–Trinajstić information content (AvgIpc) is 2.29. The van der Waals surface area contributed by atoms with Gasteiger partial charge in [-0.3, -0.25) is 4.79 Å². The highest BCUT2D eigenvalue weighted by atomic mass is 16.1. The van der Waals surface area contributed by atoms with Crippen molar-refractivity contribution in [3.05, 3.63) is 45.6 Å². The van der Waals surface area contributed by atoms with E-state index in [2.05, 4.69) is 0 Å². The molecule has 0 saturated carbocycles. The van der Waals surface area contributed by atoms with Crippen LogP contribution in [0, 0.1) is 0 Å². The zero-order chi connectivity index (χ0) is 8.39. The predicted octanol–water partition coefficient (Wildman–Crippen LogP) is 1.93. The van der Waals surface area contributed by atoms with Crippen LogP contribution in [0.2, 0.25) is 0 Å². The molecule has 62 valence electrons. The fourth-order valence-electron chi connectivity index (χ4n) is 1.75. The molecule has 0 aliphatic heterocycles. The van der Waals surface area contributed by atoms with E-state index in [9.17, 15) is 4.79 Å². The molecule has 12 heavy (non-hydrogen) atoms. The van der Waals surface area contributed by atoms with E-state index < -0.39 is 0 Å². The van der Waals surface area contributed by atoms with Gasteiger partial charge in [0.05, 0.1) is 0 Å². The Kier molecular flexibility index (Phi) is 1.94. The van der Waals surface area contributed by atoms with Crippen LogP contribution in [0.3, 0.4) is 0 Å². The molecule has 2 rings (SSSR count). The topological polar surface area (TPSA) is 17.1 Å². The van der Waals surface area contributed by atoms with Crippen LogP contribution in [0.4, 0.5) is 0 Å². The van der Waals surface area contributed by atoms with Crippen LogP contribution in [0.5, 0.6) is 0 Å². The number of hydrogen-bond donors (Lipinski definition) is 0. The van der Waals surface area contributed by atoms with Crippen LogP contribution >= 0.6 is 0 Å². The van der Waals surface area contributed by atoms with Gasteiger partial charge >= 0.3 is 0 Å². The lowest BCUT2D eigenvalue weighted by Gasteiger charge is -2.11. The first-order chi connectivity index (χ1) is 5.86. The standard InChI is InChI=1S/C11H12O/c12-11-7-5-9-3-1-2-4-10(9)6-8-11/h5-8H,1-4H2. The van der Waals surface area contributed by atoms with E-state index in [0.29, 0.717) is 0 Å². The molecule has 0 bridgehead atoms. The molecule has 1 aliphatic rings. The normalized spacial score (nSPS) is 15.3. The zero-order valence-electron chi connectivity index (χ0n) is 7.05. The van der Waals surface area contributed by atoms with Crippen molar-refractivity contribution in [1.82, 2.24) is 0 Å². The summed E-state index contributed by atoms with van der Waals surface area (Å²) in [7, 11) is 0. The first kappa shape index (κ1) is 7.53. The van der Waals surface area contributed by atoms with Crippen molar-refractivity contribution in [2.24, 2.45) is 0 Å². The first-order valence-corrected chi connectivity index (χ1v) is 4.48. The zero-order valence-corrected chi connectivity index (χ0v) is 7.05. The predicted molar refractivity (Wildman–Crippen MR) is 49.4 cm³/mol. The molecule has 0 amide bonds. The van der Waals surface area contributed by atoms with Gasteiger partial charge in [-0.15, -0.1) is 0 Å². The molecule has 1 heteroatoms. The van der Waals surface area contributed by atoms with Gasteiger partial charge in [0.25, 0.3) is 0 Å². The monoisotopic (exact) mass is 160 g/mol. The molecule has 0 atom stereocenters. The summed E-state index contributed by atoms with van der Waals surface area (Å²) in [6.07, 6.45) is 4.82. The third-order valence-corrected chi connectivity index (χ3v) is 2.45. The van der Waals surface area contributed by atoms with E-state index in [0.717, 1.165) is 12.8 Å². The maximum absolute atomic E-state index is 11.0. The Morgan fingerprint density at radius 3 is 1.83 bits per heavy atom. The minimum atomic E-state index is 0.115. The highest BCUT2D eigenvalue weighted by Crippen LogP contribution is 2.18. The maximum atomic E-state index is 11.0. The molecule has 1 aromatic rings. The highest BCUT2D eigenvalue weighted by Gasteiger charge is 2.06.